The van der Waals surface area contributed by atoms with Gasteiger partial charge in [0.1, 0.15) is 0 Å². The molecule has 0 aliphatic carbocycles. The second kappa shape index (κ2) is 5.61. The Hall–Kier alpha value is -0.650. The van der Waals surface area contributed by atoms with Crippen LogP contribution in [0.3, 0.4) is 0 Å². The fourth-order valence-corrected chi connectivity index (χ4v) is 3.43. The lowest BCUT2D eigenvalue weighted by Crippen LogP contribution is -2.22. The lowest BCUT2D eigenvalue weighted by atomic mass is 10.2. The van der Waals surface area contributed by atoms with Crippen molar-refractivity contribution < 1.29 is 8.42 Å². The van der Waals surface area contributed by atoms with Crippen LogP contribution < -0.4 is 5.73 Å². The molecule has 6 heteroatoms. The quantitative estimate of drug-likeness (QED) is 0.867. The zero-order valence-electron chi connectivity index (χ0n) is 9.06. The van der Waals surface area contributed by atoms with E-state index in [4.69, 9.17) is 17.3 Å². The van der Waals surface area contributed by atoms with E-state index < -0.39 is 9.84 Å². The van der Waals surface area contributed by atoms with E-state index in [1.165, 1.54) is 12.4 Å². The Morgan fingerprint density at radius 1 is 1.56 bits per heavy atom. The molecule has 2 N–H and O–H groups in total. The van der Waals surface area contributed by atoms with Gasteiger partial charge in [-0.15, -0.1) is 0 Å². The van der Waals surface area contributed by atoms with Gasteiger partial charge < -0.3 is 5.73 Å². The predicted molar refractivity (Wildman–Crippen MR) is 65.0 cm³/mol. The Labute approximate surface area is 101 Å². The minimum absolute atomic E-state index is 0.0365. The van der Waals surface area contributed by atoms with Gasteiger partial charge in [0, 0.05) is 12.4 Å². The summed E-state index contributed by atoms with van der Waals surface area (Å²) in [5, 5.41) is 0.381. The number of hydrogen-bond donors (Lipinski definition) is 1. The summed E-state index contributed by atoms with van der Waals surface area (Å²) in [6.45, 7) is 2.18. The molecule has 0 bridgehead atoms. The van der Waals surface area contributed by atoms with Gasteiger partial charge in [-0.3, -0.25) is 4.98 Å². The van der Waals surface area contributed by atoms with Gasteiger partial charge in [0.2, 0.25) is 0 Å². The van der Waals surface area contributed by atoms with Crippen molar-refractivity contribution in [2.45, 2.75) is 12.7 Å². The zero-order chi connectivity index (χ0) is 12.2. The van der Waals surface area contributed by atoms with E-state index in [1.54, 1.807) is 6.07 Å². The number of halogens is 1. The third-order valence-corrected chi connectivity index (χ3v) is 4.34. The third-order valence-electron chi connectivity index (χ3n) is 2.17. The maximum Gasteiger partial charge on any atom is 0.154 e. The molecule has 4 nitrogen and oxygen atoms in total. The van der Waals surface area contributed by atoms with E-state index in [-0.39, 0.29) is 17.4 Å². The first kappa shape index (κ1) is 13.4. The molecule has 0 saturated heterocycles. The molecule has 0 amide bonds. The number of sulfone groups is 1. The molecule has 0 fully saturated rings. The third kappa shape index (κ3) is 4.08. The average Bonchev–Trinajstić information content (AvgIpc) is 2.20. The normalized spacial score (nSPS) is 13.7. The Bertz CT molecular complexity index is 448. The highest BCUT2D eigenvalue weighted by atomic mass is 35.5. The molecule has 1 aromatic rings. The van der Waals surface area contributed by atoms with Crippen molar-refractivity contribution in [1.29, 1.82) is 0 Å². The lowest BCUT2D eigenvalue weighted by Gasteiger charge is -2.10. The van der Waals surface area contributed by atoms with Crippen LogP contribution >= 0.6 is 11.6 Å². The lowest BCUT2D eigenvalue weighted by molar-refractivity contribution is 0.573. The summed E-state index contributed by atoms with van der Waals surface area (Å²) in [6, 6.07) is 1.62. The first-order valence-corrected chi connectivity index (χ1v) is 7.13. The minimum Gasteiger partial charge on any atom is -0.330 e. The highest BCUT2D eigenvalue weighted by Gasteiger charge is 2.17. The van der Waals surface area contributed by atoms with E-state index in [0.29, 0.717) is 17.1 Å². The first-order chi connectivity index (χ1) is 7.44. The van der Waals surface area contributed by atoms with Gasteiger partial charge >= 0.3 is 0 Å². The Morgan fingerprint density at radius 3 is 2.81 bits per heavy atom. The van der Waals surface area contributed by atoms with Gasteiger partial charge in [-0.05, 0) is 24.1 Å². The van der Waals surface area contributed by atoms with E-state index in [9.17, 15) is 8.42 Å². The maximum absolute atomic E-state index is 11.8. The fourth-order valence-electron chi connectivity index (χ4n) is 1.32. The van der Waals surface area contributed by atoms with Crippen LogP contribution in [0.4, 0.5) is 0 Å². The summed E-state index contributed by atoms with van der Waals surface area (Å²) in [6.07, 6.45) is 2.97. The molecule has 1 rings (SSSR count). The molecule has 0 radical (unpaired) electrons. The highest BCUT2D eigenvalue weighted by molar-refractivity contribution is 7.90. The van der Waals surface area contributed by atoms with Crippen molar-refractivity contribution in [2.75, 3.05) is 12.3 Å². The minimum atomic E-state index is -3.16. The topological polar surface area (TPSA) is 73.1 Å². The van der Waals surface area contributed by atoms with Crippen molar-refractivity contribution in [1.82, 2.24) is 4.98 Å². The Balaban J connectivity index is 2.77. The zero-order valence-corrected chi connectivity index (χ0v) is 10.6. The SMILES string of the molecule is CC(CN)CS(=O)(=O)Cc1ccncc1Cl. The molecule has 0 spiro atoms. The van der Waals surface area contributed by atoms with Gasteiger partial charge in [-0.25, -0.2) is 8.42 Å². The number of nitrogens with zero attached hydrogens (tertiary/aromatic N) is 1. The standard InChI is InChI=1S/C10H15ClN2O2S/c1-8(4-12)6-16(14,15)7-9-2-3-13-5-10(9)11/h2-3,5,8H,4,6-7,12H2,1H3. The van der Waals surface area contributed by atoms with E-state index in [0.717, 1.165) is 0 Å². The van der Waals surface area contributed by atoms with Gasteiger partial charge in [0.25, 0.3) is 0 Å². The molecule has 1 unspecified atom stereocenters. The maximum atomic E-state index is 11.8. The smallest absolute Gasteiger partial charge is 0.154 e. The molecule has 90 valence electrons. The monoisotopic (exact) mass is 262 g/mol. The van der Waals surface area contributed by atoms with Crippen molar-refractivity contribution in [3.8, 4) is 0 Å². The van der Waals surface area contributed by atoms with E-state index in [2.05, 4.69) is 4.98 Å². The van der Waals surface area contributed by atoms with Crippen LogP contribution in [-0.4, -0.2) is 25.7 Å². The predicted octanol–water partition coefficient (Wildman–Crippen LogP) is 1.24. The highest BCUT2D eigenvalue weighted by Crippen LogP contribution is 2.17. The van der Waals surface area contributed by atoms with Crippen molar-refractivity contribution in [2.24, 2.45) is 11.7 Å². The van der Waals surface area contributed by atoms with Crippen LogP contribution in [-0.2, 0) is 15.6 Å². The van der Waals surface area contributed by atoms with Crippen LogP contribution in [0.5, 0.6) is 0 Å². The number of pyridine rings is 1. The summed E-state index contributed by atoms with van der Waals surface area (Å²) in [4.78, 5) is 3.81. The number of nitrogens with two attached hydrogens (primary N) is 1. The van der Waals surface area contributed by atoms with Crippen LogP contribution in [0.25, 0.3) is 0 Å². The van der Waals surface area contributed by atoms with Crippen LogP contribution in [0, 0.1) is 5.92 Å². The molecule has 1 heterocycles. The molecule has 0 aliphatic rings. The van der Waals surface area contributed by atoms with Gasteiger partial charge in [-0.2, -0.15) is 0 Å². The summed E-state index contributed by atoms with van der Waals surface area (Å²) < 4.78 is 23.6. The molecule has 1 aromatic heterocycles. The van der Waals surface area contributed by atoms with Gasteiger partial charge in [0.05, 0.1) is 16.5 Å². The second-order valence-corrected chi connectivity index (χ2v) is 6.38. The van der Waals surface area contributed by atoms with Crippen LogP contribution in [0.1, 0.15) is 12.5 Å². The number of rotatable bonds is 5. The van der Waals surface area contributed by atoms with E-state index >= 15 is 0 Å². The summed E-state index contributed by atoms with van der Waals surface area (Å²) in [5.74, 6) is -0.00785. The van der Waals surface area contributed by atoms with Gasteiger partial charge in [0.15, 0.2) is 9.84 Å². The largest absolute Gasteiger partial charge is 0.330 e. The fraction of sp³-hybridized carbons (Fsp3) is 0.500. The van der Waals surface area contributed by atoms with Crippen LogP contribution in [0.15, 0.2) is 18.5 Å². The number of hydrogen-bond acceptors (Lipinski definition) is 4. The first-order valence-electron chi connectivity index (χ1n) is 4.93. The number of aromatic nitrogens is 1. The molecular weight excluding hydrogens is 248 g/mol. The molecule has 0 aliphatic heterocycles. The summed E-state index contributed by atoms with van der Waals surface area (Å²) in [5.41, 5.74) is 5.99. The molecule has 0 aromatic carbocycles. The molecule has 16 heavy (non-hydrogen) atoms. The van der Waals surface area contributed by atoms with E-state index in [1.807, 2.05) is 6.92 Å². The van der Waals surface area contributed by atoms with Crippen molar-refractivity contribution in [3.63, 3.8) is 0 Å². The van der Waals surface area contributed by atoms with Crippen molar-refractivity contribution >= 4 is 21.4 Å². The molecule has 1 atom stereocenters. The molecule has 0 saturated carbocycles. The van der Waals surface area contributed by atoms with Crippen molar-refractivity contribution in [3.05, 3.63) is 29.0 Å². The summed E-state index contributed by atoms with van der Waals surface area (Å²) in [7, 11) is -3.16. The van der Waals surface area contributed by atoms with Crippen LogP contribution in [0.2, 0.25) is 5.02 Å². The second-order valence-electron chi connectivity index (χ2n) is 3.86. The Morgan fingerprint density at radius 2 is 2.25 bits per heavy atom. The Kier molecular flexibility index (Phi) is 4.70. The van der Waals surface area contributed by atoms with Gasteiger partial charge in [-0.1, -0.05) is 18.5 Å². The average molecular weight is 263 g/mol. The summed E-state index contributed by atoms with van der Waals surface area (Å²) >= 11 is 5.85. The molecular formula is C10H15ClN2O2S.